The van der Waals surface area contributed by atoms with Crippen molar-refractivity contribution in [1.82, 2.24) is 14.9 Å². The number of nitrogens with zero attached hydrogens (tertiary/aromatic N) is 2. The van der Waals surface area contributed by atoms with Crippen LogP contribution in [0.15, 0.2) is 57.8 Å². The number of aryl methyl sites for hydroxylation is 1. The van der Waals surface area contributed by atoms with Crippen LogP contribution < -0.4 is 15.6 Å². The van der Waals surface area contributed by atoms with E-state index < -0.39 is 0 Å². The summed E-state index contributed by atoms with van der Waals surface area (Å²) in [5.41, 5.74) is 0.419. The van der Waals surface area contributed by atoms with E-state index in [0.717, 1.165) is 10.2 Å². The van der Waals surface area contributed by atoms with E-state index in [2.05, 4.69) is 26.2 Å². The average molecular weight is 416 g/mol. The van der Waals surface area contributed by atoms with Crippen molar-refractivity contribution >= 4 is 32.7 Å². The van der Waals surface area contributed by atoms with Crippen molar-refractivity contribution in [2.24, 2.45) is 0 Å². The molecule has 0 radical (unpaired) electrons. The zero-order valence-corrected chi connectivity index (χ0v) is 15.8. The molecule has 7 heteroatoms. The summed E-state index contributed by atoms with van der Waals surface area (Å²) >= 11 is 3.37. The summed E-state index contributed by atoms with van der Waals surface area (Å²) in [7, 11) is 0. The van der Waals surface area contributed by atoms with E-state index in [9.17, 15) is 9.59 Å². The highest BCUT2D eigenvalue weighted by atomic mass is 79.9. The van der Waals surface area contributed by atoms with E-state index in [-0.39, 0.29) is 18.0 Å². The molecule has 0 atom stereocenters. The first-order valence-corrected chi connectivity index (χ1v) is 8.95. The van der Waals surface area contributed by atoms with Crippen LogP contribution in [0, 0.1) is 6.92 Å². The van der Waals surface area contributed by atoms with E-state index in [1.165, 1.54) is 4.57 Å². The third kappa shape index (κ3) is 4.29. The minimum absolute atomic E-state index is 0.0701. The van der Waals surface area contributed by atoms with Crippen LogP contribution in [0.2, 0.25) is 0 Å². The van der Waals surface area contributed by atoms with Gasteiger partial charge in [0.25, 0.3) is 5.56 Å². The van der Waals surface area contributed by atoms with Crippen molar-refractivity contribution < 1.29 is 9.53 Å². The van der Waals surface area contributed by atoms with Crippen molar-refractivity contribution in [2.75, 3.05) is 13.2 Å². The number of hydrogen-bond acceptors (Lipinski definition) is 4. The first-order valence-electron chi connectivity index (χ1n) is 8.16. The molecular weight excluding hydrogens is 398 g/mol. The second-order valence-electron chi connectivity index (χ2n) is 5.72. The number of rotatable bonds is 6. The Bertz CT molecular complexity index is 1000. The Balaban J connectivity index is 1.58. The summed E-state index contributed by atoms with van der Waals surface area (Å²) in [6, 6.07) is 14.6. The molecule has 1 N–H and O–H groups in total. The average Bonchev–Trinajstić information content (AvgIpc) is 2.62. The summed E-state index contributed by atoms with van der Waals surface area (Å²) in [6.07, 6.45) is 0. The highest BCUT2D eigenvalue weighted by Crippen LogP contribution is 2.17. The van der Waals surface area contributed by atoms with Crippen molar-refractivity contribution in [2.45, 2.75) is 13.5 Å². The van der Waals surface area contributed by atoms with Crippen LogP contribution in [0.1, 0.15) is 5.82 Å². The molecule has 3 rings (SSSR count). The Morgan fingerprint density at radius 3 is 2.85 bits per heavy atom. The molecule has 0 spiro atoms. The quantitative estimate of drug-likeness (QED) is 0.628. The van der Waals surface area contributed by atoms with Gasteiger partial charge in [0.1, 0.15) is 24.7 Å². The van der Waals surface area contributed by atoms with Gasteiger partial charge in [-0.05, 0) is 37.3 Å². The summed E-state index contributed by atoms with van der Waals surface area (Å²) in [5, 5.41) is 3.26. The van der Waals surface area contributed by atoms with Crippen molar-refractivity contribution in [3.63, 3.8) is 0 Å². The number of para-hydroxylation sites is 1. The number of fused-ring (bicyclic) bond motifs is 1. The molecule has 3 aromatic rings. The molecule has 0 aliphatic carbocycles. The standard InChI is InChI=1S/C19H18BrN3O3/c1-13-22-17-8-3-2-7-16(17)19(25)23(13)12-18(24)21-9-10-26-15-6-4-5-14(20)11-15/h2-8,11H,9-10,12H2,1H3,(H,21,24). The Morgan fingerprint density at radius 2 is 2.04 bits per heavy atom. The smallest absolute Gasteiger partial charge is 0.261 e. The van der Waals surface area contributed by atoms with Gasteiger partial charge in [-0.3, -0.25) is 14.2 Å². The lowest BCUT2D eigenvalue weighted by Gasteiger charge is -2.11. The van der Waals surface area contributed by atoms with E-state index in [1.807, 2.05) is 30.3 Å². The molecule has 0 saturated heterocycles. The number of hydrogen-bond donors (Lipinski definition) is 1. The number of nitrogens with one attached hydrogen (secondary N) is 1. The van der Waals surface area contributed by atoms with Crippen LogP contribution in [-0.4, -0.2) is 28.6 Å². The number of benzene rings is 2. The number of carbonyl (C=O) groups excluding carboxylic acids is 1. The molecule has 0 saturated carbocycles. The molecule has 0 fully saturated rings. The summed E-state index contributed by atoms with van der Waals surface area (Å²) < 4.78 is 7.88. The first kappa shape index (κ1) is 18.1. The molecule has 0 aliphatic heterocycles. The van der Waals surface area contributed by atoms with Gasteiger partial charge in [-0.25, -0.2) is 4.98 Å². The van der Waals surface area contributed by atoms with E-state index >= 15 is 0 Å². The van der Waals surface area contributed by atoms with Crippen molar-refractivity contribution in [1.29, 1.82) is 0 Å². The van der Waals surface area contributed by atoms with Gasteiger partial charge in [0, 0.05) is 4.47 Å². The van der Waals surface area contributed by atoms with Crippen molar-refractivity contribution in [3.05, 3.63) is 69.2 Å². The van der Waals surface area contributed by atoms with Crippen LogP contribution in [0.25, 0.3) is 10.9 Å². The highest BCUT2D eigenvalue weighted by Gasteiger charge is 2.11. The molecule has 0 aliphatic rings. The predicted octanol–water partition coefficient (Wildman–Crippen LogP) is 2.66. The maximum Gasteiger partial charge on any atom is 0.261 e. The normalized spacial score (nSPS) is 10.7. The molecule has 1 heterocycles. The van der Waals surface area contributed by atoms with Gasteiger partial charge in [0.15, 0.2) is 0 Å². The van der Waals surface area contributed by atoms with Gasteiger partial charge in [-0.15, -0.1) is 0 Å². The fourth-order valence-corrected chi connectivity index (χ4v) is 2.96. The van der Waals surface area contributed by atoms with E-state index in [1.54, 1.807) is 25.1 Å². The fourth-order valence-electron chi connectivity index (χ4n) is 2.58. The zero-order valence-electron chi connectivity index (χ0n) is 14.2. The van der Waals surface area contributed by atoms with E-state index in [4.69, 9.17) is 4.74 Å². The molecule has 134 valence electrons. The van der Waals surface area contributed by atoms with Gasteiger partial charge < -0.3 is 10.1 Å². The Labute approximate surface area is 158 Å². The maximum atomic E-state index is 12.5. The number of halogens is 1. The number of amides is 1. The summed E-state index contributed by atoms with van der Waals surface area (Å²) in [5.74, 6) is 0.971. The lowest BCUT2D eigenvalue weighted by atomic mass is 10.2. The largest absolute Gasteiger partial charge is 0.492 e. The molecule has 26 heavy (non-hydrogen) atoms. The van der Waals surface area contributed by atoms with Crippen LogP contribution in [0.5, 0.6) is 5.75 Å². The van der Waals surface area contributed by atoms with Crippen LogP contribution >= 0.6 is 15.9 Å². The van der Waals surface area contributed by atoms with Gasteiger partial charge in [0.2, 0.25) is 5.91 Å². The molecule has 0 bridgehead atoms. The number of aromatic nitrogens is 2. The molecule has 1 amide bonds. The topological polar surface area (TPSA) is 73.2 Å². The van der Waals surface area contributed by atoms with Gasteiger partial charge in [-0.2, -0.15) is 0 Å². The fraction of sp³-hybridized carbons (Fsp3) is 0.211. The first-order chi connectivity index (χ1) is 12.5. The Morgan fingerprint density at radius 1 is 1.23 bits per heavy atom. The van der Waals surface area contributed by atoms with Crippen molar-refractivity contribution in [3.8, 4) is 5.75 Å². The monoisotopic (exact) mass is 415 g/mol. The van der Waals surface area contributed by atoms with Gasteiger partial charge >= 0.3 is 0 Å². The maximum absolute atomic E-state index is 12.5. The second kappa shape index (κ2) is 8.14. The minimum Gasteiger partial charge on any atom is -0.492 e. The van der Waals surface area contributed by atoms with Gasteiger partial charge in [0.05, 0.1) is 17.4 Å². The summed E-state index contributed by atoms with van der Waals surface area (Å²) in [6.45, 7) is 2.34. The zero-order chi connectivity index (χ0) is 18.5. The number of carbonyl (C=O) groups is 1. The van der Waals surface area contributed by atoms with E-state index in [0.29, 0.717) is 29.9 Å². The van der Waals surface area contributed by atoms with Gasteiger partial charge in [-0.1, -0.05) is 34.1 Å². The lowest BCUT2D eigenvalue weighted by Crippen LogP contribution is -2.35. The number of ether oxygens (including phenoxy) is 1. The molecule has 1 aromatic heterocycles. The molecule has 2 aromatic carbocycles. The molecule has 0 unspecified atom stereocenters. The SMILES string of the molecule is Cc1nc2ccccc2c(=O)n1CC(=O)NCCOc1cccc(Br)c1. The minimum atomic E-state index is -0.259. The molecular formula is C19H18BrN3O3. The Kier molecular flexibility index (Phi) is 5.68. The predicted molar refractivity (Wildman–Crippen MR) is 103 cm³/mol. The third-order valence-electron chi connectivity index (χ3n) is 3.84. The summed E-state index contributed by atoms with van der Waals surface area (Å²) in [4.78, 5) is 29.1. The lowest BCUT2D eigenvalue weighted by molar-refractivity contribution is -0.121. The second-order valence-corrected chi connectivity index (χ2v) is 6.64. The Hall–Kier alpha value is -2.67. The third-order valence-corrected chi connectivity index (χ3v) is 4.34. The van der Waals surface area contributed by atoms with Crippen LogP contribution in [-0.2, 0) is 11.3 Å². The highest BCUT2D eigenvalue weighted by molar-refractivity contribution is 9.10. The van der Waals surface area contributed by atoms with Crippen LogP contribution in [0.3, 0.4) is 0 Å². The molecule has 6 nitrogen and oxygen atoms in total. The van der Waals surface area contributed by atoms with Crippen LogP contribution in [0.4, 0.5) is 0 Å².